The van der Waals surface area contributed by atoms with Gasteiger partial charge in [-0.15, -0.1) is 12.4 Å². The van der Waals surface area contributed by atoms with Crippen molar-refractivity contribution in [1.29, 1.82) is 0 Å². The molecule has 0 saturated carbocycles. The van der Waals surface area contributed by atoms with Crippen molar-refractivity contribution in [2.45, 2.75) is 31.3 Å². The van der Waals surface area contributed by atoms with Crippen LogP contribution in [0.3, 0.4) is 0 Å². The molecule has 2 aliphatic rings. The van der Waals surface area contributed by atoms with Crippen LogP contribution in [0.5, 0.6) is 0 Å². The van der Waals surface area contributed by atoms with E-state index in [1.54, 1.807) is 0 Å². The molecular formula is C16H22Cl2N2OS. The van der Waals surface area contributed by atoms with Gasteiger partial charge in [0.15, 0.2) is 0 Å². The summed E-state index contributed by atoms with van der Waals surface area (Å²) in [6.45, 7) is 1.90. The topological polar surface area (TPSA) is 32.3 Å². The highest BCUT2D eigenvalue weighted by Gasteiger charge is 2.31. The summed E-state index contributed by atoms with van der Waals surface area (Å²) in [6, 6.07) is 8.49. The average Bonchev–Trinajstić information content (AvgIpc) is 2.98. The van der Waals surface area contributed by atoms with Crippen molar-refractivity contribution in [2.75, 3.05) is 24.6 Å². The van der Waals surface area contributed by atoms with E-state index < -0.39 is 0 Å². The summed E-state index contributed by atoms with van der Waals surface area (Å²) in [5.74, 6) is 2.49. The van der Waals surface area contributed by atoms with E-state index >= 15 is 0 Å². The van der Waals surface area contributed by atoms with Crippen molar-refractivity contribution in [3.05, 3.63) is 34.9 Å². The normalized spacial score (nSPS) is 24.9. The van der Waals surface area contributed by atoms with E-state index in [0.717, 1.165) is 42.5 Å². The number of hydrogen-bond donors (Lipinski definition) is 1. The quantitative estimate of drug-likeness (QED) is 0.894. The van der Waals surface area contributed by atoms with E-state index in [2.05, 4.69) is 10.2 Å². The van der Waals surface area contributed by atoms with Gasteiger partial charge in [0.2, 0.25) is 5.91 Å². The second-order valence-corrected chi connectivity index (χ2v) is 7.31. The molecule has 22 heavy (non-hydrogen) atoms. The Hall–Kier alpha value is -0.420. The first-order valence-corrected chi connectivity index (χ1v) is 9.13. The van der Waals surface area contributed by atoms with Gasteiger partial charge in [0.05, 0.1) is 6.04 Å². The van der Waals surface area contributed by atoms with Crippen LogP contribution in [0.25, 0.3) is 0 Å². The van der Waals surface area contributed by atoms with Gasteiger partial charge < -0.3 is 10.2 Å². The van der Waals surface area contributed by atoms with Crippen molar-refractivity contribution in [3.8, 4) is 0 Å². The van der Waals surface area contributed by atoms with Gasteiger partial charge in [0.25, 0.3) is 0 Å². The molecule has 0 spiro atoms. The number of amides is 1. The van der Waals surface area contributed by atoms with E-state index in [9.17, 15) is 4.79 Å². The Balaban J connectivity index is 0.00000176. The highest BCUT2D eigenvalue weighted by Crippen LogP contribution is 2.33. The summed E-state index contributed by atoms with van der Waals surface area (Å²) in [5.41, 5.74) is 1.20. The average molecular weight is 361 g/mol. The van der Waals surface area contributed by atoms with Crippen LogP contribution < -0.4 is 5.32 Å². The lowest BCUT2D eigenvalue weighted by atomic mass is 10.0. The number of halogens is 2. The largest absolute Gasteiger partial charge is 0.336 e. The maximum absolute atomic E-state index is 12.6. The molecule has 1 aromatic rings. The zero-order valence-electron chi connectivity index (χ0n) is 12.5. The lowest BCUT2D eigenvalue weighted by molar-refractivity contribution is -0.132. The van der Waals surface area contributed by atoms with Gasteiger partial charge in [0, 0.05) is 42.1 Å². The standard InChI is InChI=1S/C16H21ClN2OS.ClH/c17-13-5-3-12(4-6-13)15-2-1-8-19(15)16(20)10-14-11-21-9-7-18-14;/h3-6,14-15,18H,1-2,7-11H2;1H. The van der Waals surface area contributed by atoms with Crippen LogP contribution in [0, 0.1) is 0 Å². The number of rotatable bonds is 3. The minimum atomic E-state index is 0. The second kappa shape index (κ2) is 8.44. The third-order valence-corrected chi connectivity index (χ3v) is 5.63. The third kappa shape index (κ3) is 4.31. The van der Waals surface area contributed by atoms with Gasteiger partial charge >= 0.3 is 0 Å². The molecule has 2 saturated heterocycles. The molecule has 0 bridgehead atoms. The Bertz CT molecular complexity index is 491. The third-order valence-electron chi connectivity index (χ3n) is 4.25. The summed E-state index contributed by atoms with van der Waals surface area (Å²) >= 11 is 7.89. The molecule has 122 valence electrons. The number of likely N-dealkylation sites (tertiary alicyclic amines) is 1. The number of benzene rings is 1. The molecule has 2 atom stereocenters. The molecule has 2 fully saturated rings. The summed E-state index contributed by atoms with van der Waals surface area (Å²) in [4.78, 5) is 14.7. The predicted octanol–water partition coefficient (Wildman–Crippen LogP) is 3.52. The van der Waals surface area contributed by atoms with Crippen LogP contribution in [0.4, 0.5) is 0 Å². The number of thioether (sulfide) groups is 1. The minimum absolute atomic E-state index is 0. The van der Waals surface area contributed by atoms with Crippen LogP contribution in [-0.2, 0) is 4.79 Å². The first kappa shape index (κ1) is 17.9. The molecule has 6 heteroatoms. The first-order valence-electron chi connectivity index (χ1n) is 7.60. The Morgan fingerprint density at radius 3 is 2.82 bits per heavy atom. The Labute approximate surface area is 147 Å². The van der Waals surface area contributed by atoms with Crippen molar-refractivity contribution in [1.82, 2.24) is 10.2 Å². The highest BCUT2D eigenvalue weighted by molar-refractivity contribution is 7.99. The molecule has 2 heterocycles. The van der Waals surface area contributed by atoms with E-state index in [1.807, 2.05) is 36.0 Å². The number of nitrogens with one attached hydrogen (secondary N) is 1. The fourth-order valence-corrected chi connectivity index (χ4v) is 4.25. The molecule has 0 aromatic heterocycles. The fourth-order valence-electron chi connectivity index (χ4n) is 3.18. The predicted molar refractivity (Wildman–Crippen MR) is 96.1 cm³/mol. The van der Waals surface area contributed by atoms with E-state index in [0.29, 0.717) is 12.5 Å². The minimum Gasteiger partial charge on any atom is -0.336 e. The van der Waals surface area contributed by atoms with Crippen LogP contribution in [-0.4, -0.2) is 41.4 Å². The van der Waals surface area contributed by atoms with Crippen molar-refractivity contribution < 1.29 is 4.79 Å². The van der Waals surface area contributed by atoms with Gasteiger partial charge in [-0.05, 0) is 30.5 Å². The molecule has 1 N–H and O–H groups in total. The molecule has 2 unspecified atom stereocenters. The molecule has 0 aliphatic carbocycles. The number of carbonyl (C=O) groups is 1. The zero-order valence-corrected chi connectivity index (χ0v) is 14.9. The fraction of sp³-hybridized carbons (Fsp3) is 0.562. The van der Waals surface area contributed by atoms with E-state index in [4.69, 9.17) is 11.6 Å². The summed E-state index contributed by atoms with van der Waals surface area (Å²) in [6.07, 6.45) is 2.77. The zero-order chi connectivity index (χ0) is 14.7. The van der Waals surface area contributed by atoms with Crippen LogP contribution in [0.2, 0.25) is 5.02 Å². The van der Waals surface area contributed by atoms with Crippen molar-refractivity contribution >= 4 is 41.7 Å². The monoisotopic (exact) mass is 360 g/mol. The Morgan fingerprint density at radius 1 is 1.36 bits per heavy atom. The first-order chi connectivity index (χ1) is 10.2. The van der Waals surface area contributed by atoms with Crippen LogP contribution in [0.15, 0.2) is 24.3 Å². The summed E-state index contributed by atoms with van der Waals surface area (Å²) < 4.78 is 0. The van der Waals surface area contributed by atoms with Gasteiger partial charge in [-0.1, -0.05) is 23.7 Å². The van der Waals surface area contributed by atoms with E-state index in [1.165, 1.54) is 5.56 Å². The maximum Gasteiger partial charge on any atom is 0.224 e. The lowest BCUT2D eigenvalue weighted by Gasteiger charge is -2.29. The second-order valence-electron chi connectivity index (χ2n) is 5.73. The maximum atomic E-state index is 12.6. The SMILES string of the molecule is Cl.O=C(CC1CSCCN1)N1CCCC1c1ccc(Cl)cc1. The van der Waals surface area contributed by atoms with E-state index in [-0.39, 0.29) is 24.4 Å². The van der Waals surface area contributed by atoms with Gasteiger partial charge in [-0.25, -0.2) is 0 Å². The molecule has 3 nitrogen and oxygen atoms in total. The highest BCUT2D eigenvalue weighted by atomic mass is 35.5. The number of carbonyl (C=O) groups excluding carboxylic acids is 1. The Kier molecular flexibility index (Phi) is 6.87. The number of nitrogens with zero attached hydrogens (tertiary/aromatic N) is 1. The summed E-state index contributed by atoms with van der Waals surface area (Å²) in [7, 11) is 0. The van der Waals surface area contributed by atoms with Crippen LogP contribution in [0.1, 0.15) is 30.9 Å². The molecule has 3 rings (SSSR count). The molecule has 0 radical (unpaired) electrons. The van der Waals surface area contributed by atoms with Gasteiger partial charge in [0.1, 0.15) is 0 Å². The lowest BCUT2D eigenvalue weighted by Crippen LogP contribution is -2.42. The Morgan fingerprint density at radius 2 is 2.14 bits per heavy atom. The summed E-state index contributed by atoms with van der Waals surface area (Å²) in [5, 5.41) is 4.20. The van der Waals surface area contributed by atoms with Gasteiger partial charge in [-0.3, -0.25) is 4.79 Å². The van der Waals surface area contributed by atoms with Crippen LogP contribution >= 0.6 is 35.8 Å². The molecular weight excluding hydrogens is 339 g/mol. The van der Waals surface area contributed by atoms with Gasteiger partial charge in [-0.2, -0.15) is 11.8 Å². The number of hydrogen-bond acceptors (Lipinski definition) is 3. The molecule has 1 amide bonds. The smallest absolute Gasteiger partial charge is 0.224 e. The van der Waals surface area contributed by atoms with Crippen molar-refractivity contribution in [2.24, 2.45) is 0 Å². The van der Waals surface area contributed by atoms with Crippen molar-refractivity contribution in [3.63, 3.8) is 0 Å². The molecule has 1 aromatic carbocycles. The molecule has 2 aliphatic heterocycles.